The molecule has 2 aromatic rings. The number of halogens is 1. The number of hydrogen-bond donors (Lipinski definition) is 1. The minimum absolute atomic E-state index is 0.0369. The van der Waals surface area contributed by atoms with Crippen LogP contribution < -0.4 is 14.4 Å². The van der Waals surface area contributed by atoms with E-state index in [0.717, 1.165) is 5.69 Å². The first-order valence-corrected chi connectivity index (χ1v) is 8.89. The molecule has 0 bridgehead atoms. The summed E-state index contributed by atoms with van der Waals surface area (Å²) in [5.41, 5.74) is 1.02. The zero-order valence-electron chi connectivity index (χ0n) is 13.0. The summed E-state index contributed by atoms with van der Waals surface area (Å²) < 4.78 is 32.5. The van der Waals surface area contributed by atoms with Crippen LogP contribution in [0.15, 0.2) is 53.4 Å². The molecule has 7 heteroatoms. The van der Waals surface area contributed by atoms with Crippen LogP contribution in [0.2, 0.25) is 5.02 Å². The highest BCUT2D eigenvalue weighted by Gasteiger charge is 2.19. The standard InChI is InChI=1S/C16H19ClN2O3S/c1-19(14-6-4-3-5-7-14)11-10-18-23(20,21)16-12-13(17)8-9-15(16)22-2/h3-9,12,18H,10-11H2,1-2H3. The van der Waals surface area contributed by atoms with Crippen molar-refractivity contribution in [2.75, 3.05) is 32.1 Å². The van der Waals surface area contributed by atoms with Crippen LogP contribution in [0.1, 0.15) is 0 Å². The van der Waals surface area contributed by atoms with Crippen LogP contribution in [0, 0.1) is 0 Å². The van der Waals surface area contributed by atoms with Crippen molar-refractivity contribution >= 4 is 27.3 Å². The van der Waals surface area contributed by atoms with E-state index in [4.69, 9.17) is 16.3 Å². The Kier molecular flexibility index (Phi) is 5.87. The van der Waals surface area contributed by atoms with Gasteiger partial charge in [0.05, 0.1) is 7.11 Å². The van der Waals surface area contributed by atoms with E-state index in [2.05, 4.69) is 4.72 Å². The fraction of sp³-hybridized carbons (Fsp3) is 0.250. The number of hydrogen-bond acceptors (Lipinski definition) is 4. The molecule has 0 aliphatic rings. The molecule has 0 spiro atoms. The maximum absolute atomic E-state index is 12.4. The molecule has 1 N–H and O–H groups in total. The van der Waals surface area contributed by atoms with Gasteiger partial charge in [0, 0.05) is 30.8 Å². The van der Waals surface area contributed by atoms with Gasteiger partial charge in [-0.1, -0.05) is 29.8 Å². The monoisotopic (exact) mass is 354 g/mol. The Morgan fingerprint density at radius 2 is 1.87 bits per heavy atom. The Hall–Kier alpha value is -1.76. The minimum Gasteiger partial charge on any atom is -0.495 e. The van der Waals surface area contributed by atoms with Crippen LogP contribution in [-0.4, -0.2) is 35.7 Å². The molecule has 0 atom stereocenters. The Labute approximate surface area is 141 Å². The number of anilines is 1. The largest absolute Gasteiger partial charge is 0.495 e. The van der Waals surface area contributed by atoms with Crippen molar-refractivity contribution in [1.82, 2.24) is 4.72 Å². The van der Waals surface area contributed by atoms with Gasteiger partial charge in [0.25, 0.3) is 0 Å². The lowest BCUT2D eigenvalue weighted by molar-refractivity contribution is 0.402. The first-order valence-electron chi connectivity index (χ1n) is 7.03. The van der Waals surface area contributed by atoms with Crippen LogP contribution in [0.3, 0.4) is 0 Å². The first kappa shape index (κ1) is 17.6. The van der Waals surface area contributed by atoms with E-state index in [1.165, 1.54) is 19.2 Å². The Bertz CT molecular complexity index is 751. The molecule has 0 heterocycles. The van der Waals surface area contributed by atoms with Crippen molar-refractivity contribution in [3.63, 3.8) is 0 Å². The zero-order valence-corrected chi connectivity index (χ0v) is 14.6. The summed E-state index contributed by atoms with van der Waals surface area (Å²) in [7, 11) is -0.361. The maximum atomic E-state index is 12.4. The molecule has 0 aliphatic carbocycles. The zero-order chi connectivity index (χ0) is 16.9. The Balaban J connectivity index is 2.04. The van der Waals surface area contributed by atoms with Crippen LogP contribution in [0.4, 0.5) is 5.69 Å². The number of sulfonamides is 1. The summed E-state index contributed by atoms with van der Waals surface area (Å²) in [5.74, 6) is 0.262. The first-order chi connectivity index (χ1) is 10.9. The average molecular weight is 355 g/mol. The molecule has 0 saturated carbocycles. The maximum Gasteiger partial charge on any atom is 0.244 e. The molecule has 0 fully saturated rings. The van der Waals surface area contributed by atoms with Gasteiger partial charge >= 0.3 is 0 Å². The smallest absolute Gasteiger partial charge is 0.244 e. The number of nitrogens with one attached hydrogen (secondary N) is 1. The van der Waals surface area contributed by atoms with Gasteiger partial charge < -0.3 is 9.64 Å². The molecule has 0 radical (unpaired) electrons. The molecule has 124 valence electrons. The van der Waals surface area contributed by atoms with E-state index >= 15 is 0 Å². The number of rotatable bonds is 7. The number of likely N-dealkylation sites (N-methyl/N-ethyl adjacent to an activating group) is 1. The highest BCUT2D eigenvalue weighted by atomic mass is 35.5. The van der Waals surface area contributed by atoms with E-state index in [1.807, 2.05) is 42.3 Å². The third kappa shape index (κ3) is 4.60. The third-order valence-corrected chi connectivity index (χ3v) is 5.07. The van der Waals surface area contributed by atoms with Gasteiger partial charge in [0.2, 0.25) is 10.0 Å². The molecular formula is C16H19ClN2O3S. The molecule has 0 saturated heterocycles. The highest BCUT2D eigenvalue weighted by Crippen LogP contribution is 2.26. The van der Waals surface area contributed by atoms with Crippen molar-refractivity contribution in [3.8, 4) is 5.75 Å². The molecule has 0 aromatic heterocycles. The van der Waals surface area contributed by atoms with Gasteiger partial charge in [-0.3, -0.25) is 0 Å². The normalized spacial score (nSPS) is 11.3. The molecular weight excluding hydrogens is 336 g/mol. The number of para-hydroxylation sites is 1. The molecule has 23 heavy (non-hydrogen) atoms. The molecule has 0 unspecified atom stereocenters. The van der Waals surface area contributed by atoms with Crippen molar-refractivity contribution in [2.24, 2.45) is 0 Å². The van der Waals surface area contributed by atoms with E-state index in [0.29, 0.717) is 11.6 Å². The van der Waals surface area contributed by atoms with Crippen molar-refractivity contribution in [2.45, 2.75) is 4.90 Å². The topological polar surface area (TPSA) is 58.6 Å². The van der Waals surface area contributed by atoms with Gasteiger partial charge in [0.1, 0.15) is 10.6 Å². The fourth-order valence-electron chi connectivity index (χ4n) is 2.10. The number of ether oxygens (including phenoxy) is 1. The molecule has 2 rings (SSSR count). The summed E-state index contributed by atoms with van der Waals surface area (Å²) in [6.07, 6.45) is 0. The Morgan fingerprint density at radius 3 is 2.52 bits per heavy atom. The number of nitrogens with zero attached hydrogens (tertiary/aromatic N) is 1. The van der Waals surface area contributed by atoms with E-state index in [-0.39, 0.29) is 17.2 Å². The number of benzene rings is 2. The summed E-state index contributed by atoms with van der Waals surface area (Å²) in [5, 5.41) is 0.340. The molecule has 0 aliphatic heterocycles. The lowest BCUT2D eigenvalue weighted by Crippen LogP contribution is -2.33. The van der Waals surface area contributed by atoms with Crippen molar-refractivity contribution in [3.05, 3.63) is 53.6 Å². The molecule has 5 nitrogen and oxygen atoms in total. The van der Waals surface area contributed by atoms with Gasteiger partial charge in [-0.05, 0) is 30.3 Å². The Morgan fingerprint density at radius 1 is 1.17 bits per heavy atom. The van der Waals surface area contributed by atoms with Gasteiger partial charge in [0.15, 0.2) is 0 Å². The second kappa shape index (κ2) is 7.68. The average Bonchev–Trinajstić information content (AvgIpc) is 2.55. The molecule has 2 aromatic carbocycles. The quantitative estimate of drug-likeness (QED) is 0.830. The van der Waals surface area contributed by atoms with E-state index in [1.54, 1.807) is 6.07 Å². The fourth-order valence-corrected chi connectivity index (χ4v) is 3.55. The van der Waals surface area contributed by atoms with Crippen LogP contribution in [0.25, 0.3) is 0 Å². The summed E-state index contributed by atoms with van der Waals surface area (Å²) in [4.78, 5) is 2.01. The lowest BCUT2D eigenvalue weighted by Gasteiger charge is -2.19. The van der Waals surface area contributed by atoms with Gasteiger partial charge in [-0.2, -0.15) is 0 Å². The van der Waals surface area contributed by atoms with Gasteiger partial charge in [-0.15, -0.1) is 0 Å². The second-order valence-electron chi connectivity index (χ2n) is 4.95. The highest BCUT2D eigenvalue weighted by molar-refractivity contribution is 7.89. The van der Waals surface area contributed by atoms with Gasteiger partial charge in [-0.25, -0.2) is 13.1 Å². The predicted octanol–water partition coefficient (Wildman–Crippen LogP) is 2.76. The predicted molar refractivity (Wildman–Crippen MR) is 92.9 cm³/mol. The number of methoxy groups -OCH3 is 1. The molecule has 0 amide bonds. The minimum atomic E-state index is -3.69. The van der Waals surface area contributed by atoms with E-state index < -0.39 is 10.0 Å². The second-order valence-corrected chi connectivity index (χ2v) is 7.12. The lowest BCUT2D eigenvalue weighted by atomic mass is 10.3. The van der Waals surface area contributed by atoms with Crippen LogP contribution in [-0.2, 0) is 10.0 Å². The van der Waals surface area contributed by atoms with Crippen molar-refractivity contribution < 1.29 is 13.2 Å². The summed E-state index contributed by atoms with van der Waals surface area (Å²) in [6.45, 7) is 0.801. The van der Waals surface area contributed by atoms with E-state index in [9.17, 15) is 8.42 Å². The SMILES string of the molecule is COc1ccc(Cl)cc1S(=O)(=O)NCCN(C)c1ccccc1. The van der Waals surface area contributed by atoms with Crippen LogP contribution in [0.5, 0.6) is 5.75 Å². The third-order valence-electron chi connectivity index (χ3n) is 3.35. The summed E-state index contributed by atoms with van der Waals surface area (Å²) >= 11 is 5.89. The van der Waals surface area contributed by atoms with Crippen LogP contribution >= 0.6 is 11.6 Å². The summed E-state index contributed by atoms with van der Waals surface area (Å²) in [6, 6.07) is 14.2. The van der Waals surface area contributed by atoms with Crippen molar-refractivity contribution in [1.29, 1.82) is 0 Å².